The Hall–Kier alpha value is -1.79. The van der Waals surface area contributed by atoms with Gasteiger partial charge in [-0.25, -0.2) is 9.59 Å². The molecule has 2 aliphatic rings. The molecule has 2 saturated carbocycles. The first-order valence-corrected chi connectivity index (χ1v) is 6.54. The predicted molar refractivity (Wildman–Crippen MR) is 69.8 cm³/mol. The highest BCUT2D eigenvalue weighted by Gasteiger charge is 2.40. The highest BCUT2D eigenvalue weighted by molar-refractivity contribution is 5.98. The maximum Gasteiger partial charge on any atom is 0.345 e. The minimum absolute atomic E-state index is 0.111. The van der Waals surface area contributed by atoms with E-state index in [2.05, 4.69) is 20.9 Å². The van der Waals surface area contributed by atoms with Crippen LogP contribution in [0.25, 0.3) is 0 Å². The van der Waals surface area contributed by atoms with Crippen LogP contribution >= 0.6 is 0 Å². The largest absolute Gasteiger partial charge is 0.468 e. The van der Waals surface area contributed by atoms with Crippen LogP contribution in [0.4, 0.5) is 9.59 Å². The Labute approximate surface area is 112 Å². The number of rotatable bonds is 1. The summed E-state index contributed by atoms with van der Waals surface area (Å²) in [6.45, 7) is 0. The summed E-state index contributed by atoms with van der Waals surface area (Å²) in [6, 6.07) is -0.841. The highest BCUT2D eigenvalue weighted by Crippen LogP contribution is 2.44. The van der Waals surface area contributed by atoms with Gasteiger partial charge in [0.15, 0.2) is 0 Å². The molecular formula is C12H20N4O3. The second kappa shape index (κ2) is 5.90. The quantitative estimate of drug-likeness (QED) is 0.485. The van der Waals surface area contributed by atoms with Crippen molar-refractivity contribution in [3.63, 3.8) is 0 Å². The van der Waals surface area contributed by atoms with Gasteiger partial charge in [-0.15, -0.1) is 4.99 Å². The third-order valence-electron chi connectivity index (χ3n) is 3.89. The zero-order valence-corrected chi connectivity index (χ0v) is 11.2. The first-order valence-electron chi connectivity index (χ1n) is 6.54. The maximum atomic E-state index is 11.8. The van der Waals surface area contributed by atoms with Crippen LogP contribution < -0.4 is 16.0 Å². The molecule has 0 aromatic heterocycles. The van der Waals surface area contributed by atoms with Crippen LogP contribution in [0, 0.1) is 11.8 Å². The summed E-state index contributed by atoms with van der Waals surface area (Å²) in [5.41, 5.74) is 0. The molecule has 106 valence electrons. The van der Waals surface area contributed by atoms with E-state index in [1.165, 1.54) is 33.4 Å². The molecule has 7 heteroatoms. The number of hydrogen-bond donors (Lipinski definition) is 3. The highest BCUT2D eigenvalue weighted by atomic mass is 16.5. The topological polar surface area (TPSA) is 91.8 Å². The lowest BCUT2D eigenvalue weighted by molar-refractivity contribution is 0.237. The lowest BCUT2D eigenvalue weighted by atomic mass is 9.95. The van der Waals surface area contributed by atoms with Crippen molar-refractivity contribution in [1.82, 2.24) is 16.0 Å². The Morgan fingerprint density at radius 1 is 1.26 bits per heavy atom. The van der Waals surface area contributed by atoms with Gasteiger partial charge in [-0.1, -0.05) is 6.42 Å². The zero-order valence-electron chi connectivity index (χ0n) is 11.2. The average molecular weight is 268 g/mol. The number of carbonyl (C=O) groups excluding carboxylic acids is 2. The predicted octanol–water partition coefficient (Wildman–Crippen LogP) is 0.816. The van der Waals surface area contributed by atoms with Gasteiger partial charge in [0.1, 0.15) is 0 Å². The molecule has 7 nitrogen and oxygen atoms in total. The number of carbonyl (C=O) groups is 2. The van der Waals surface area contributed by atoms with Crippen LogP contribution in [0.2, 0.25) is 0 Å². The zero-order chi connectivity index (χ0) is 13.8. The van der Waals surface area contributed by atoms with Gasteiger partial charge in [0.2, 0.25) is 0 Å². The number of methoxy groups -OCH3 is 1. The van der Waals surface area contributed by atoms with E-state index in [4.69, 9.17) is 4.74 Å². The normalized spacial score (nSPS) is 28.9. The summed E-state index contributed by atoms with van der Waals surface area (Å²) in [5.74, 6) is 1.34. The number of amidine groups is 1. The molecule has 3 atom stereocenters. The number of aliphatic imine (C=N–C) groups is 1. The van der Waals surface area contributed by atoms with E-state index in [1.807, 2.05) is 0 Å². The van der Waals surface area contributed by atoms with Crippen LogP contribution in [0.1, 0.15) is 25.7 Å². The summed E-state index contributed by atoms with van der Waals surface area (Å²) in [7, 11) is 2.82. The molecule has 0 radical (unpaired) electrons. The SMILES string of the molecule is CNC(=O)NC(=NC(=O)NC1CC2CCC1C2)OC. The number of hydrogen-bond acceptors (Lipinski definition) is 3. The van der Waals surface area contributed by atoms with Gasteiger partial charge >= 0.3 is 18.1 Å². The Kier molecular flexibility index (Phi) is 4.24. The molecule has 0 aromatic carbocycles. The number of urea groups is 2. The van der Waals surface area contributed by atoms with E-state index >= 15 is 0 Å². The Balaban J connectivity index is 1.86. The first kappa shape index (κ1) is 13.6. The fraction of sp³-hybridized carbons (Fsp3) is 0.750. The van der Waals surface area contributed by atoms with Crippen molar-refractivity contribution >= 4 is 18.1 Å². The molecule has 2 rings (SSSR count). The van der Waals surface area contributed by atoms with E-state index in [0.717, 1.165) is 12.3 Å². The number of nitrogens with one attached hydrogen (secondary N) is 3. The molecule has 3 N–H and O–H groups in total. The van der Waals surface area contributed by atoms with Crippen LogP contribution in [0.3, 0.4) is 0 Å². The molecule has 2 fully saturated rings. The molecule has 0 heterocycles. The van der Waals surface area contributed by atoms with E-state index in [1.54, 1.807) is 0 Å². The van der Waals surface area contributed by atoms with Crippen molar-refractivity contribution in [2.24, 2.45) is 16.8 Å². The van der Waals surface area contributed by atoms with Gasteiger partial charge in [-0.05, 0) is 31.1 Å². The van der Waals surface area contributed by atoms with Crippen LogP contribution in [0.5, 0.6) is 0 Å². The number of nitrogens with zero attached hydrogens (tertiary/aromatic N) is 1. The molecular weight excluding hydrogens is 248 g/mol. The van der Waals surface area contributed by atoms with E-state index in [-0.39, 0.29) is 12.1 Å². The minimum Gasteiger partial charge on any atom is -0.468 e. The second-order valence-electron chi connectivity index (χ2n) is 5.06. The standard InChI is InChI=1S/C12H20N4O3/c1-13-10(17)15-12(19-2)16-11(18)14-9-6-7-3-4-8(9)5-7/h7-9H,3-6H2,1-2H3,(H3,13,14,15,16,17,18). The van der Waals surface area contributed by atoms with E-state index in [9.17, 15) is 9.59 Å². The lowest BCUT2D eigenvalue weighted by Gasteiger charge is -2.21. The molecule has 2 aliphatic carbocycles. The van der Waals surface area contributed by atoms with Crippen LogP contribution in [-0.2, 0) is 4.74 Å². The van der Waals surface area contributed by atoms with Gasteiger partial charge in [0.25, 0.3) is 0 Å². The van der Waals surface area contributed by atoms with Gasteiger partial charge in [-0.3, -0.25) is 5.32 Å². The molecule has 19 heavy (non-hydrogen) atoms. The number of ether oxygens (including phenoxy) is 1. The molecule has 4 amide bonds. The molecule has 0 saturated heterocycles. The number of fused-ring (bicyclic) bond motifs is 2. The van der Waals surface area contributed by atoms with Crippen molar-refractivity contribution < 1.29 is 14.3 Å². The fourth-order valence-electron chi connectivity index (χ4n) is 2.99. The molecule has 0 aliphatic heterocycles. The van der Waals surface area contributed by atoms with Crippen molar-refractivity contribution in [2.75, 3.05) is 14.2 Å². The third-order valence-corrected chi connectivity index (χ3v) is 3.89. The Morgan fingerprint density at radius 2 is 2.05 bits per heavy atom. The molecule has 3 unspecified atom stereocenters. The van der Waals surface area contributed by atoms with Gasteiger partial charge in [0, 0.05) is 13.1 Å². The van der Waals surface area contributed by atoms with E-state index < -0.39 is 12.1 Å². The maximum absolute atomic E-state index is 11.8. The van der Waals surface area contributed by atoms with Crippen molar-refractivity contribution in [1.29, 1.82) is 0 Å². The summed E-state index contributed by atoms with van der Waals surface area (Å²) in [5, 5.41) is 7.57. The average Bonchev–Trinajstić information content (AvgIpc) is 2.99. The molecule has 0 aromatic rings. The fourth-order valence-corrected chi connectivity index (χ4v) is 2.99. The van der Waals surface area contributed by atoms with Gasteiger partial charge in [-0.2, -0.15) is 0 Å². The van der Waals surface area contributed by atoms with Crippen molar-refractivity contribution in [2.45, 2.75) is 31.7 Å². The minimum atomic E-state index is -0.478. The first-order chi connectivity index (χ1) is 9.12. The van der Waals surface area contributed by atoms with Crippen molar-refractivity contribution in [3.8, 4) is 0 Å². The number of amides is 4. The monoisotopic (exact) mass is 268 g/mol. The van der Waals surface area contributed by atoms with E-state index in [0.29, 0.717) is 5.92 Å². The van der Waals surface area contributed by atoms with Crippen LogP contribution in [0.15, 0.2) is 4.99 Å². The Morgan fingerprint density at radius 3 is 2.58 bits per heavy atom. The Bertz CT molecular complexity index is 396. The lowest BCUT2D eigenvalue weighted by Crippen LogP contribution is -2.41. The second-order valence-corrected chi connectivity index (χ2v) is 5.06. The summed E-state index contributed by atoms with van der Waals surface area (Å²) in [6.07, 6.45) is 4.72. The third kappa shape index (κ3) is 3.36. The summed E-state index contributed by atoms with van der Waals surface area (Å²) >= 11 is 0. The molecule has 2 bridgehead atoms. The summed E-state index contributed by atoms with van der Waals surface area (Å²) < 4.78 is 4.84. The smallest absolute Gasteiger partial charge is 0.345 e. The molecule has 0 spiro atoms. The van der Waals surface area contributed by atoms with Crippen molar-refractivity contribution in [3.05, 3.63) is 0 Å². The van der Waals surface area contributed by atoms with Gasteiger partial charge < -0.3 is 15.4 Å². The summed E-state index contributed by atoms with van der Waals surface area (Å²) in [4.78, 5) is 26.6. The van der Waals surface area contributed by atoms with Crippen LogP contribution in [-0.4, -0.2) is 38.3 Å². The van der Waals surface area contributed by atoms with Gasteiger partial charge in [0.05, 0.1) is 7.11 Å².